The molecule has 0 atom stereocenters. The van der Waals surface area contributed by atoms with Crippen LogP contribution < -0.4 is 10.1 Å². The van der Waals surface area contributed by atoms with Gasteiger partial charge in [0.05, 0.1) is 7.11 Å². The molecular weight excluding hydrogens is 384 g/mol. The molecule has 128 valence electrons. The van der Waals surface area contributed by atoms with Crippen molar-refractivity contribution in [3.8, 4) is 17.0 Å². The molecule has 1 aromatic heterocycles. The first-order valence-corrected chi connectivity index (χ1v) is 8.51. The molecule has 1 N–H and O–H groups in total. The second-order valence-electron chi connectivity index (χ2n) is 5.50. The van der Waals surface area contributed by atoms with Gasteiger partial charge in [-0.3, -0.25) is 4.79 Å². The zero-order valence-corrected chi connectivity index (χ0v) is 15.5. The van der Waals surface area contributed by atoms with Gasteiger partial charge in [0.25, 0.3) is 5.91 Å². The lowest BCUT2D eigenvalue weighted by molar-refractivity contribution is 0.0950. The van der Waals surface area contributed by atoms with Gasteiger partial charge < -0.3 is 14.6 Å². The monoisotopic (exact) mass is 400 g/mol. The predicted octanol–water partition coefficient (Wildman–Crippen LogP) is 4.35. The van der Waals surface area contributed by atoms with Crippen molar-refractivity contribution in [1.29, 1.82) is 0 Å². The lowest BCUT2D eigenvalue weighted by atomic mass is 10.1. The van der Waals surface area contributed by atoms with Crippen LogP contribution in [0.25, 0.3) is 11.3 Å². The number of hydrogen-bond donors (Lipinski definition) is 1. The van der Waals surface area contributed by atoms with Crippen molar-refractivity contribution < 1.29 is 14.1 Å². The number of carbonyl (C=O) groups excluding carboxylic acids is 1. The maximum absolute atomic E-state index is 12.7. The largest absolute Gasteiger partial charge is 0.497 e. The van der Waals surface area contributed by atoms with Crippen LogP contribution in [0.3, 0.4) is 0 Å². The van der Waals surface area contributed by atoms with Gasteiger partial charge in [-0.15, -0.1) is 0 Å². The summed E-state index contributed by atoms with van der Waals surface area (Å²) >= 11 is 3.40. The summed E-state index contributed by atoms with van der Waals surface area (Å²) in [6.45, 7) is 2.12. The van der Waals surface area contributed by atoms with E-state index in [1.54, 1.807) is 14.0 Å². The molecule has 25 heavy (non-hydrogen) atoms. The quantitative estimate of drug-likeness (QED) is 0.691. The van der Waals surface area contributed by atoms with E-state index in [4.69, 9.17) is 9.26 Å². The third-order valence-electron chi connectivity index (χ3n) is 3.79. The van der Waals surface area contributed by atoms with Crippen LogP contribution in [0.5, 0.6) is 5.75 Å². The third-order valence-corrected chi connectivity index (χ3v) is 4.32. The highest BCUT2D eigenvalue weighted by Gasteiger charge is 2.21. The fraction of sp³-hybridized carbons (Fsp3) is 0.158. The molecule has 6 heteroatoms. The highest BCUT2D eigenvalue weighted by atomic mass is 79.9. The van der Waals surface area contributed by atoms with Crippen molar-refractivity contribution in [2.45, 2.75) is 13.5 Å². The normalized spacial score (nSPS) is 10.5. The number of nitrogens with zero attached hydrogens (tertiary/aromatic N) is 1. The first kappa shape index (κ1) is 17.2. The van der Waals surface area contributed by atoms with Crippen molar-refractivity contribution in [1.82, 2.24) is 10.5 Å². The van der Waals surface area contributed by atoms with E-state index in [-0.39, 0.29) is 5.91 Å². The van der Waals surface area contributed by atoms with Gasteiger partial charge in [-0.05, 0) is 36.8 Å². The van der Waals surface area contributed by atoms with E-state index >= 15 is 0 Å². The fourth-order valence-electron chi connectivity index (χ4n) is 2.50. The van der Waals surface area contributed by atoms with Crippen LogP contribution in [0, 0.1) is 6.92 Å². The number of methoxy groups -OCH3 is 1. The molecule has 3 rings (SSSR count). The van der Waals surface area contributed by atoms with Crippen LogP contribution in [0.1, 0.15) is 21.7 Å². The molecule has 0 unspecified atom stereocenters. The second-order valence-corrected chi connectivity index (χ2v) is 6.42. The predicted molar refractivity (Wildman–Crippen MR) is 98.5 cm³/mol. The first-order valence-electron chi connectivity index (χ1n) is 7.72. The van der Waals surface area contributed by atoms with E-state index < -0.39 is 0 Å². The molecule has 0 fully saturated rings. The minimum absolute atomic E-state index is 0.223. The van der Waals surface area contributed by atoms with Gasteiger partial charge in [0.2, 0.25) is 0 Å². The van der Waals surface area contributed by atoms with Gasteiger partial charge in [0, 0.05) is 16.6 Å². The van der Waals surface area contributed by atoms with E-state index in [1.807, 2.05) is 48.5 Å². The number of halogens is 1. The molecule has 0 bridgehead atoms. The summed E-state index contributed by atoms with van der Waals surface area (Å²) in [4.78, 5) is 12.7. The van der Waals surface area contributed by atoms with Crippen LogP contribution in [0.15, 0.2) is 57.5 Å². The average molecular weight is 401 g/mol. The first-order chi connectivity index (χ1) is 12.1. The molecular formula is C19H17BrN2O3. The Kier molecular flexibility index (Phi) is 5.19. The van der Waals surface area contributed by atoms with Gasteiger partial charge in [0.15, 0.2) is 0 Å². The minimum atomic E-state index is -0.223. The van der Waals surface area contributed by atoms with Crippen molar-refractivity contribution >= 4 is 21.8 Å². The van der Waals surface area contributed by atoms with Crippen LogP contribution >= 0.6 is 15.9 Å². The standard InChI is InChI=1S/C19H17BrN2O3/c1-12-17(18(22-25-12)14-6-8-15(20)9-7-14)19(23)21-11-13-4-3-5-16(10-13)24-2/h3-10H,11H2,1-2H3,(H,21,23). The van der Waals surface area contributed by atoms with Crippen molar-refractivity contribution in [2.24, 2.45) is 0 Å². The number of carbonyl (C=O) groups is 1. The molecule has 0 aliphatic carbocycles. The molecule has 0 radical (unpaired) electrons. The van der Waals surface area contributed by atoms with E-state index in [0.29, 0.717) is 23.6 Å². The summed E-state index contributed by atoms with van der Waals surface area (Å²) in [6.07, 6.45) is 0. The van der Waals surface area contributed by atoms with Crippen molar-refractivity contribution in [3.63, 3.8) is 0 Å². The Bertz CT molecular complexity index is 888. The van der Waals surface area contributed by atoms with E-state index in [1.165, 1.54) is 0 Å². The number of nitrogens with one attached hydrogen (secondary N) is 1. The number of hydrogen-bond acceptors (Lipinski definition) is 4. The van der Waals surface area contributed by atoms with E-state index in [9.17, 15) is 4.79 Å². The highest BCUT2D eigenvalue weighted by molar-refractivity contribution is 9.10. The van der Waals surface area contributed by atoms with Crippen LogP contribution in [-0.4, -0.2) is 18.2 Å². The van der Waals surface area contributed by atoms with E-state index in [2.05, 4.69) is 26.4 Å². The summed E-state index contributed by atoms with van der Waals surface area (Å²) in [7, 11) is 1.61. The van der Waals surface area contributed by atoms with Crippen molar-refractivity contribution in [3.05, 3.63) is 69.9 Å². The molecule has 0 aliphatic rings. The summed E-state index contributed by atoms with van der Waals surface area (Å²) in [6, 6.07) is 15.1. The maximum Gasteiger partial charge on any atom is 0.257 e. The Hall–Kier alpha value is -2.60. The molecule has 0 saturated carbocycles. The number of aryl methyl sites for hydroxylation is 1. The van der Waals surface area contributed by atoms with Gasteiger partial charge >= 0.3 is 0 Å². The fourth-order valence-corrected chi connectivity index (χ4v) is 2.76. The molecule has 2 aromatic carbocycles. The summed E-state index contributed by atoms with van der Waals surface area (Å²) < 4.78 is 11.4. The smallest absolute Gasteiger partial charge is 0.257 e. The Morgan fingerprint density at radius 2 is 2.00 bits per heavy atom. The number of ether oxygens (including phenoxy) is 1. The van der Waals surface area contributed by atoms with Crippen LogP contribution in [0.4, 0.5) is 0 Å². The molecule has 3 aromatic rings. The maximum atomic E-state index is 12.7. The Balaban J connectivity index is 1.80. The van der Waals surface area contributed by atoms with Gasteiger partial charge in [-0.25, -0.2) is 0 Å². The Labute approximate surface area is 154 Å². The third kappa shape index (κ3) is 3.91. The van der Waals surface area contributed by atoms with Crippen molar-refractivity contribution in [2.75, 3.05) is 7.11 Å². The minimum Gasteiger partial charge on any atom is -0.497 e. The highest BCUT2D eigenvalue weighted by Crippen LogP contribution is 2.26. The molecule has 1 amide bonds. The molecule has 0 aliphatic heterocycles. The second kappa shape index (κ2) is 7.53. The zero-order chi connectivity index (χ0) is 17.8. The van der Waals surface area contributed by atoms with Gasteiger partial charge in [-0.1, -0.05) is 45.4 Å². The lowest BCUT2D eigenvalue weighted by Gasteiger charge is -2.07. The Morgan fingerprint density at radius 3 is 2.72 bits per heavy atom. The average Bonchev–Trinajstić information content (AvgIpc) is 3.02. The summed E-state index contributed by atoms with van der Waals surface area (Å²) in [5.41, 5.74) is 2.76. The van der Waals surface area contributed by atoms with Crippen LogP contribution in [-0.2, 0) is 6.54 Å². The lowest BCUT2D eigenvalue weighted by Crippen LogP contribution is -2.23. The van der Waals surface area contributed by atoms with Gasteiger partial charge in [-0.2, -0.15) is 0 Å². The summed E-state index contributed by atoms with van der Waals surface area (Å²) in [5.74, 6) is 1.02. The van der Waals surface area contributed by atoms with E-state index in [0.717, 1.165) is 21.3 Å². The zero-order valence-electron chi connectivity index (χ0n) is 13.9. The van der Waals surface area contributed by atoms with Gasteiger partial charge in [0.1, 0.15) is 22.8 Å². The molecule has 0 spiro atoms. The number of rotatable bonds is 5. The SMILES string of the molecule is COc1cccc(CNC(=O)c2c(-c3ccc(Br)cc3)noc2C)c1. The number of amides is 1. The summed E-state index contributed by atoms with van der Waals surface area (Å²) in [5, 5.41) is 6.96. The molecule has 0 saturated heterocycles. The molecule has 1 heterocycles. The molecule has 5 nitrogen and oxygen atoms in total. The Morgan fingerprint density at radius 1 is 1.24 bits per heavy atom. The topological polar surface area (TPSA) is 64.4 Å². The van der Waals surface area contributed by atoms with Crippen LogP contribution in [0.2, 0.25) is 0 Å². The number of benzene rings is 2. The number of aromatic nitrogens is 1.